The van der Waals surface area contributed by atoms with Gasteiger partial charge in [-0.1, -0.05) is 0 Å². The van der Waals surface area contributed by atoms with Crippen LogP contribution in [0.15, 0.2) is 40.9 Å². The van der Waals surface area contributed by atoms with Gasteiger partial charge in [-0.05, 0) is 52.3 Å². The van der Waals surface area contributed by atoms with Crippen molar-refractivity contribution in [3.8, 4) is 12.1 Å². The molecule has 19 heavy (non-hydrogen) atoms. The van der Waals surface area contributed by atoms with E-state index < -0.39 is 5.82 Å². The maximum atomic E-state index is 13.2. The van der Waals surface area contributed by atoms with E-state index in [9.17, 15) is 4.39 Å². The Hall–Kier alpha value is -2.37. The maximum absolute atomic E-state index is 13.2. The van der Waals surface area contributed by atoms with Gasteiger partial charge >= 0.3 is 0 Å². The smallest absolute Gasteiger partial charge is 0.141 e. The molecule has 2 rings (SSSR count). The quantitative estimate of drug-likeness (QED) is 0.908. The fourth-order valence-electron chi connectivity index (χ4n) is 1.54. The minimum Gasteiger partial charge on any atom is -0.355 e. The highest BCUT2D eigenvalue weighted by Crippen LogP contribution is 2.24. The number of nitrogens with zero attached hydrogens (tertiary/aromatic N) is 2. The molecule has 0 unspecified atom stereocenters. The molecule has 0 bridgehead atoms. The van der Waals surface area contributed by atoms with Crippen molar-refractivity contribution in [3.63, 3.8) is 0 Å². The zero-order valence-corrected chi connectivity index (χ0v) is 11.2. The third-order valence-corrected chi connectivity index (χ3v) is 3.12. The summed E-state index contributed by atoms with van der Waals surface area (Å²) in [6.07, 6.45) is 0. The molecule has 92 valence electrons. The van der Waals surface area contributed by atoms with Gasteiger partial charge in [0.2, 0.25) is 0 Å². The van der Waals surface area contributed by atoms with Crippen molar-refractivity contribution in [2.24, 2.45) is 0 Å². The predicted molar refractivity (Wildman–Crippen MR) is 73.3 cm³/mol. The van der Waals surface area contributed by atoms with E-state index >= 15 is 0 Å². The highest BCUT2D eigenvalue weighted by molar-refractivity contribution is 9.10. The Kier molecular flexibility index (Phi) is 3.79. The van der Waals surface area contributed by atoms with Crippen LogP contribution in [0.25, 0.3) is 0 Å². The fourth-order valence-corrected chi connectivity index (χ4v) is 2.01. The molecule has 0 amide bonds. The Morgan fingerprint density at radius 3 is 2.21 bits per heavy atom. The Labute approximate surface area is 118 Å². The van der Waals surface area contributed by atoms with Gasteiger partial charge in [0.1, 0.15) is 18.0 Å². The van der Waals surface area contributed by atoms with Crippen LogP contribution in [0.3, 0.4) is 0 Å². The summed E-state index contributed by atoms with van der Waals surface area (Å²) in [5.41, 5.74) is 1.86. The van der Waals surface area contributed by atoms with Crippen LogP contribution in [-0.4, -0.2) is 0 Å². The minimum absolute atomic E-state index is 0.0160. The van der Waals surface area contributed by atoms with E-state index in [1.54, 1.807) is 30.3 Å². The average molecular weight is 316 g/mol. The molecule has 0 aliphatic heterocycles. The first-order valence-electron chi connectivity index (χ1n) is 5.30. The van der Waals surface area contributed by atoms with Crippen LogP contribution >= 0.6 is 15.9 Å². The summed E-state index contributed by atoms with van der Waals surface area (Å²) in [6, 6.07) is 13.2. The van der Waals surface area contributed by atoms with Crippen LogP contribution in [0.4, 0.5) is 15.8 Å². The molecular formula is C14H7BrFN3. The lowest BCUT2D eigenvalue weighted by Gasteiger charge is -2.08. The third-order valence-electron chi connectivity index (χ3n) is 2.47. The van der Waals surface area contributed by atoms with Crippen molar-refractivity contribution >= 4 is 27.3 Å². The molecule has 2 aromatic rings. The Morgan fingerprint density at radius 1 is 0.947 bits per heavy atom. The van der Waals surface area contributed by atoms with Crippen LogP contribution < -0.4 is 5.32 Å². The lowest BCUT2D eigenvalue weighted by Crippen LogP contribution is -1.93. The van der Waals surface area contributed by atoms with Crippen molar-refractivity contribution in [1.29, 1.82) is 10.5 Å². The highest BCUT2D eigenvalue weighted by Gasteiger charge is 2.04. The number of hydrogen-bond donors (Lipinski definition) is 1. The van der Waals surface area contributed by atoms with Crippen molar-refractivity contribution in [3.05, 3.63) is 57.8 Å². The number of anilines is 2. The second-order valence-electron chi connectivity index (χ2n) is 3.74. The second kappa shape index (κ2) is 5.51. The van der Waals surface area contributed by atoms with Gasteiger partial charge in [-0.3, -0.25) is 0 Å². The Balaban J connectivity index is 2.30. The number of hydrogen-bond acceptors (Lipinski definition) is 3. The lowest BCUT2D eigenvalue weighted by molar-refractivity contribution is 0.624. The molecule has 0 atom stereocenters. The topological polar surface area (TPSA) is 59.6 Å². The number of nitriles is 2. The van der Waals surface area contributed by atoms with E-state index in [1.165, 1.54) is 12.1 Å². The molecule has 0 radical (unpaired) electrons. The zero-order valence-electron chi connectivity index (χ0n) is 9.61. The number of nitrogens with one attached hydrogen (secondary N) is 1. The first kappa shape index (κ1) is 13.1. The molecule has 0 fully saturated rings. The summed E-state index contributed by atoms with van der Waals surface area (Å²) < 4.78 is 13.8. The molecule has 1 N–H and O–H groups in total. The molecule has 0 saturated carbocycles. The molecule has 0 aliphatic rings. The van der Waals surface area contributed by atoms with Crippen LogP contribution in [0.1, 0.15) is 11.1 Å². The van der Waals surface area contributed by atoms with Crippen molar-refractivity contribution in [2.75, 3.05) is 5.32 Å². The van der Waals surface area contributed by atoms with Crippen LogP contribution in [0.5, 0.6) is 0 Å². The molecule has 0 aromatic heterocycles. The standard InChI is InChI=1S/C14H7BrFN3/c15-13-6-12(2-1-9(13)7-17)19-11-3-4-14(16)10(5-11)8-18/h1-6,19H. The fraction of sp³-hybridized carbons (Fsp3) is 0. The molecule has 3 nitrogen and oxygen atoms in total. The largest absolute Gasteiger partial charge is 0.355 e. The van der Waals surface area contributed by atoms with Gasteiger partial charge in [0.25, 0.3) is 0 Å². The van der Waals surface area contributed by atoms with Gasteiger partial charge < -0.3 is 5.32 Å². The summed E-state index contributed by atoms with van der Waals surface area (Å²) in [5, 5.41) is 20.6. The van der Waals surface area contributed by atoms with Crippen molar-refractivity contribution < 1.29 is 4.39 Å². The highest BCUT2D eigenvalue weighted by atomic mass is 79.9. The van der Waals surface area contributed by atoms with E-state index in [0.29, 0.717) is 15.7 Å². The summed E-state index contributed by atoms with van der Waals surface area (Å²) in [5.74, 6) is -0.547. The van der Waals surface area contributed by atoms with Gasteiger partial charge in [-0.25, -0.2) is 4.39 Å². The van der Waals surface area contributed by atoms with Crippen molar-refractivity contribution in [1.82, 2.24) is 0 Å². The zero-order chi connectivity index (χ0) is 13.8. The van der Waals surface area contributed by atoms with Crippen LogP contribution in [0.2, 0.25) is 0 Å². The van der Waals surface area contributed by atoms with E-state index in [-0.39, 0.29) is 5.56 Å². The van der Waals surface area contributed by atoms with Gasteiger partial charge in [-0.2, -0.15) is 10.5 Å². The molecule has 0 aliphatic carbocycles. The van der Waals surface area contributed by atoms with Crippen molar-refractivity contribution in [2.45, 2.75) is 0 Å². The Bertz CT molecular complexity index is 714. The normalized spacial score (nSPS) is 9.47. The molecule has 0 spiro atoms. The van der Waals surface area contributed by atoms with E-state index in [0.717, 1.165) is 5.69 Å². The minimum atomic E-state index is -0.547. The number of halogens is 2. The molecular weight excluding hydrogens is 309 g/mol. The van der Waals surface area contributed by atoms with Gasteiger partial charge in [0.15, 0.2) is 0 Å². The number of rotatable bonds is 2. The van der Waals surface area contributed by atoms with E-state index in [4.69, 9.17) is 10.5 Å². The monoisotopic (exact) mass is 315 g/mol. The van der Waals surface area contributed by atoms with E-state index in [2.05, 4.69) is 21.2 Å². The van der Waals surface area contributed by atoms with Gasteiger partial charge in [0, 0.05) is 15.8 Å². The summed E-state index contributed by atoms with van der Waals surface area (Å²) in [4.78, 5) is 0. The maximum Gasteiger partial charge on any atom is 0.141 e. The van der Waals surface area contributed by atoms with Gasteiger partial charge in [0.05, 0.1) is 11.1 Å². The van der Waals surface area contributed by atoms with Crippen LogP contribution in [-0.2, 0) is 0 Å². The molecule has 5 heteroatoms. The molecule has 0 saturated heterocycles. The lowest BCUT2D eigenvalue weighted by atomic mass is 10.2. The molecule has 0 heterocycles. The van der Waals surface area contributed by atoms with E-state index in [1.807, 2.05) is 6.07 Å². The number of benzene rings is 2. The summed E-state index contributed by atoms with van der Waals surface area (Å²) in [6.45, 7) is 0. The first-order valence-corrected chi connectivity index (χ1v) is 6.09. The predicted octanol–water partition coefficient (Wildman–Crippen LogP) is 4.08. The molecule has 2 aromatic carbocycles. The SMILES string of the molecule is N#Cc1cc(Nc2ccc(C#N)c(Br)c2)ccc1F. The van der Waals surface area contributed by atoms with Gasteiger partial charge in [-0.15, -0.1) is 0 Å². The van der Waals surface area contributed by atoms with Crippen LogP contribution in [0, 0.1) is 28.5 Å². The first-order chi connectivity index (χ1) is 9.13. The summed E-state index contributed by atoms with van der Waals surface area (Å²) in [7, 11) is 0. The summed E-state index contributed by atoms with van der Waals surface area (Å²) >= 11 is 3.29. The Morgan fingerprint density at radius 2 is 1.58 bits per heavy atom. The average Bonchev–Trinajstić information content (AvgIpc) is 2.41. The third kappa shape index (κ3) is 2.90. The second-order valence-corrected chi connectivity index (χ2v) is 4.59.